The number of aromatic nitrogens is 1. The number of para-hydroxylation sites is 1. The summed E-state index contributed by atoms with van der Waals surface area (Å²) in [6, 6.07) is 8.07. The van der Waals surface area contributed by atoms with Crippen LogP contribution in [0.1, 0.15) is 20.9 Å². The van der Waals surface area contributed by atoms with Crippen LogP contribution in [0.2, 0.25) is 0 Å². The van der Waals surface area contributed by atoms with Crippen molar-refractivity contribution in [2.75, 3.05) is 13.2 Å². The molecule has 0 bridgehead atoms. The Hall–Kier alpha value is -1.88. The Labute approximate surface area is 121 Å². The zero-order chi connectivity index (χ0) is 13.9. The van der Waals surface area contributed by atoms with Gasteiger partial charge >= 0.3 is 0 Å². The lowest BCUT2D eigenvalue weighted by Crippen LogP contribution is -2.34. The van der Waals surface area contributed by atoms with Gasteiger partial charge in [0.1, 0.15) is 10.6 Å². The summed E-state index contributed by atoms with van der Waals surface area (Å²) in [4.78, 5) is 16.8. The van der Waals surface area contributed by atoms with Crippen LogP contribution in [-0.4, -0.2) is 24.0 Å². The van der Waals surface area contributed by atoms with Crippen molar-refractivity contribution in [3.8, 4) is 5.75 Å². The van der Waals surface area contributed by atoms with Gasteiger partial charge in [0, 0.05) is 12.5 Å². The molecule has 1 unspecified atom stereocenters. The first-order valence-electron chi connectivity index (χ1n) is 6.63. The molecule has 0 saturated heterocycles. The minimum atomic E-state index is -0.0381. The lowest BCUT2D eigenvalue weighted by Gasteiger charge is -2.25. The number of nitrogens with zero attached hydrogens (tertiary/aromatic N) is 1. The fraction of sp³-hybridized carbons (Fsp3) is 0.333. The normalized spacial score (nSPS) is 17.1. The molecule has 5 heteroatoms. The topological polar surface area (TPSA) is 51.2 Å². The highest BCUT2D eigenvalue weighted by atomic mass is 32.1. The van der Waals surface area contributed by atoms with E-state index in [2.05, 4.69) is 16.4 Å². The third kappa shape index (κ3) is 2.67. The van der Waals surface area contributed by atoms with Crippen molar-refractivity contribution in [3.63, 3.8) is 0 Å². The van der Waals surface area contributed by atoms with Gasteiger partial charge in [-0.15, -0.1) is 11.3 Å². The molecule has 104 valence electrons. The molecule has 2 heterocycles. The van der Waals surface area contributed by atoms with Crippen molar-refractivity contribution < 1.29 is 9.53 Å². The Bertz CT molecular complexity index is 624. The fourth-order valence-electron chi connectivity index (χ4n) is 2.36. The van der Waals surface area contributed by atoms with E-state index in [0.717, 1.165) is 17.9 Å². The molecule has 1 atom stereocenters. The van der Waals surface area contributed by atoms with Crippen molar-refractivity contribution in [1.82, 2.24) is 10.3 Å². The summed E-state index contributed by atoms with van der Waals surface area (Å²) < 4.78 is 5.72. The van der Waals surface area contributed by atoms with Gasteiger partial charge in [0.05, 0.1) is 17.8 Å². The first-order chi connectivity index (χ1) is 9.74. The number of amides is 1. The molecule has 20 heavy (non-hydrogen) atoms. The van der Waals surface area contributed by atoms with E-state index in [1.807, 2.05) is 25.1 Å². The van der Waals surface area contributed by atoms with Crippen molar-refractivity contribution in [2.45, 2.75) is 13.3 Å². The highest BCUT2D eigenvalue weighted by Gasteiger charge is 2.20. The zero-order valence-electron chi connectivity index (χ0n) is 11.3. The highest BCUT2D eigenvalue weighted by molar-refractivity contribution is 7.11. The molecular weight excluding hydrogens is 272 g/mol. The van der Waals surface area contributed by atoms with Gasteiger partial charge in [-0.05, 0) is 25.0 Å². The Balaban J connectivity index is 1.58. The number of hydrogen-bond acceptors (Lipinski definition) is 4. The van der Waals surface area contributed by atoms with Gasteiger partial charge in [0.2, 0.25) is 0 Å². The summed E-state index contributed by atoms with van der Waals surface area (Å²) in [6.45, 7) is 3.13. The molecule has 1 N–H and O–H groups in total. The minimum absolute atomic E-state index is 0.0381. The number of benzene rings is 1. The molecule has 0 aliphatic carbocycles. The predicted octanol–water partition coefficient (Wildman–Crippen LogP) is 2.43. The van der Waals surface area contributed by atoms with Gasteiger partial charge < -0.3 is 10.1 Å². The van der Waals surface area contributed by atoms with Gasteiger partial charge in [0.25, 0.3) is 5.91 Å². The van der Waals surface area contributed by atoms with Crippen LogP contribution in [0.4, 0.5) is 0 Å². The SMILES string of the molecule is Cc1ncsc1C(=O)NCC1COc2ccccc2C1. The van der Waals surface area contributed by atoms with Gasteiger partial charge in [-0.25, -0.2) is 4.98 Å². The average molecular weight is 288 g/mol. The van der Waals surface area contributed by atoms with Crippen LogP contribution in [0, 0.1) is 12.8 Å². The van der Waals surface area contributed by atoms with Crippen LogP contribution in [-0.2, 0) is 6.42 Å². The smallest absolute Gasteiger partial charge is 0.263 e. The standard InChI is InChI=1S/C15H16N2O2S/c1-10-14(20-9-17-10)15(18)16-7-11-6-12-4-2-3-5-13(12)19-8-11/h2-5,9,11H,6-8H2,1H3,(H,16,18). The molecule has 1 aliphatic rings. The number of aryl methyl sites for hydroxylation is 1. The first kappa shape index (κ1) is 13.1. The van der Waals surface area contributed by atoms with E-state index in [4.69, 9.17) is 4.74 Å². The van der Waals surface area contributed by atoms with Crippen LogP contribution in [0.15, 0.2) is 29.8 Å². The Kier molecular flexibility index (Phi) is 3.69. The van der Waals surface area contributed by atoms with Gasteiger partial charge in [0.15, 0.2) is 0 Å². The molecule has 0 saturated carbocycles. The number of thiazole rings is 1. The number of hydrogen-bond donors (Lipinski definition) is 1. The maximum Gasteiger partial charge on any atom is 0.263 e. The molecule has 1 aliphatic heterocycles. The second kappa shape index (κ2) is 5.63. The van der Waals surface area contributed by atoms with Crippen molar-refractivity contribution >= 4 is 17.2 Å². The second-order valence-corrected chi connectivity index (χ2v) is 5.82. The number of carbonyl (C=O) groups excluding carboxylic acids is 1. The fourth-order valence-corrected chi connectivity index (χ4v) is 3.08. The number of ether oxygens (including phenoxy) is 1. The minimum Gasteiger partial charge on any atom is -0.493 e. The monoisotopic (exact) mass is 288 g/mol. The van der Waals surface area contributed by atoms with E-state index >= 15 is 0 Å². The Morgan fingerprint density at radius 2 is 2.35 bits per heavy atom. The zero-order valence-corrected chi connectivity index (χ0v) is 12.1. The average Bonchev–Trinajstić information content (AvgIpc) is 2.91. The van der Waals surface area contributed by atoms with E-state index < -0.39 is 0 Å². The predicted molar refractivity (Wildman–Crippen MR) is 78.3 cm³/mol. The largest absolute Gasteiger partial charge is 0.493 e. The maximum atomic E-state index is 12.0. The quantitative estimate of drug-likeness (QED) is 0.943. The van der Waals surface area contributed by atoms with Crippen LogP contribution >= 0.6 is 11.3 Å². The molecule has 1 aromatic heterocycles. The van der Waals surface area contributed by atoms with E-state index in [1.165, 1.54) is 16.9 Å². The van der Waals surface area contributed by atoms with Crippen LogP contribution < -0.4 is 10.1 Å². The molecule has 3 rings (SSSR count). The lowest BCUT2D eigenvalue weighted by atomic mass is 9.97. The van der Waals surface area contributed by atoms with E-state index in [0.29, 0.717) is 23.9 Å². The van der Waals surface area contributed by atoms with E-state index in [1.54, 1.807) is 5.51 Å². The number of fused-ring (bicyclic) bond motifs is 1. The van der Waals surface area contributed by atoms with Gasteiger partial charge in [-0.2, -0.15) is 0 Å². The maximum absolute atomic E-state index is 12.0. The number of nitrogens with one attached hydrogen (secondary N) is 1. The Morgan fingerprint density at radius 1 is 1.50 bits per heavy atom. The Morgan fingerprint density at radius 3 is 3.15 bits per heavy atom. The van der Waals surface area contributed by atoms with Gasteiger partial charge in [-0.3, -0.25) is 4.79 Å². The number of rotatable bonds is 3. The first-order valence-corrected chi connectivity index (χ1v) is 7.51. The molecular formula is C15H16N2O2S. The third-order valence-corrected chi connectivity index (χ3v) is 4.39. The summed E-state index contributed by atoms with van der Waals surface area (Å²) in [7, 11) is 0. The third-order valence-electron chi connectivity index (χ3n) is 3.46. The molecule has 0 fully saturated rings. The number of carbonyl (C=O) groups is 1. The van der Waals surface area contributed by atoms with E-state index in [-0.39, 0.29) is 5.91 Å². The molecule has 1 aromatic carbocycles. The molecule has 4 nitrogen and oxygen atoms in total. The van der Waals surface area contributed by atoms with Gasteiger partial charge in [-0.1, -0.05) is 18.2 Å². The highest BCUT2D eigenvalue weighted by Crippen LogP contribution is 2.26. The molecule has 1 amide bonds. The summed E-state index contributed by atoms with van der Waals surface area (Å²) in [6.07, 6.45) is 0.943. The van der Waals surface area contributed by atoms with Crippen molar-refractivity contribution in [2.24, 2.45) is 5.92 Å². The molecule has 2 aromatic rings. The summed E-state index contributed by atoms with van der Waals surface area (Å²) in [5.41, 5.74) is 3.70. The molecule has 0 spiro atoms. The summed E-state index contributed by atoms with van der Waals surface area (Å²) in [5, 5.41) is 2.98. The summed E-state index contributed by atoms with van der Waals surface area (Å²) >= 11 is 1.38. The lowest BCUT2D eigenvalue weighted by molar-refractivity contribution is 0.0942. The second-order valence-electron chi connectivity index (χ2n) is 4.97. The van der Waals surface area contributed by atoms with Crippen molar-refractivity contribution in [3.05, 3.63) is 45.9 Å². The van der Waals surface area contributed by atoms with E-state index in [9.17, 15) is 4.79 Å². The van der Waals surface area contributed by atoms with Crippen molar-refractivity contribution in [1.29, 1.82) is 0 Å². The van der Waals surface area contributed by atoms with Crippen LogP contribution in [0.5, 0.6) is 5.75 Å². The molecule has 0 radical (unpaired) electrons. The van der Waals surface area contributed by atoms with Crippen LogP contribution in [0.3, 0.4) is 0 Å². The summed E-state index contributed by atoms with van der Waals surface area (Å²) in [5.74, 6) is 1.25. The van der Waals surface area contributed by atoms with Crippen LogP contribution in [0.25, 0.3) is 0 Å².